The predicted molar refractivity (Wildman–Crippen MR) is 100 cm³/mol. The summed E-state index contributed by atoms with van der Waals surface area (Å²) < 4.78 is 0. The first-order chi connectivity index (χ1) is 12.4. The van der Waals surface area contributed by atoms with Gasteiger partial charge in [-0.25, -0.2) is 9.97 Å². The van der Waals surface area contributed by atoms with Crippen molar-refractivity contribution in [2.75, 3.05) is 38.6 Å². The Morgan fingerprint density at radius 3 is 2.58 bits per heavy atom. The van der Waals surface area contributed by atoms with Crippen molar-refractivity contribution in [1.82, 2.24) is 19.8 Å². The predicted octanol–water partition coefficient (Wildman–Crippen LogP) is 1.86. The second kappa shape index (κ2) is 7.21. The summed E-state index contributed by atoms with van der Waals surface area (Å²) in [5, 5.41) is 0. The molecule has 142 valence electrons. The van der Waals surface area contributed by atoms with Crippen LogP contribution in [0.25, 0.3) is 0 Å². The number of hydrogen-bond donors (Lipinski definition) is 0. The SMILES string of the molecule is CCCN1CCCC2(CCCN2C(=O)c2cnc(N(C)C)nc2C)C1=O. The minimum Gasteiger partial charge on any atom is -0.347 e. The Hall–Kier alpha value is -2.18. The molecule has 0 aromatic carbocycles. The Bertz CT molecular complexity index is 703. The number of aryl methyl sites for hydroxylation is 1. The van der Waals surface area contributed by atoms with E-state index in [2.05, 4.69) is 16.9 Å². The maximum Gasteiger partial charge on any atom is 0.258 e. The molecule has 2 fully saturated rings. The lowest BCUT2D eigenvalue weighted by molar-refractivity contribution is -0.145. The lowest BCUT2D eigenvalue weighted by Crippen LogP contribution is -2.61. The zero-order valence-electron chi connectivity index (χ0n) is 16.3. The molecule has 0 radical (unpaired) electrons. The summed E-state index contributed by atoms with van der Waals surface area (Å²) in [7, 11) is 3.74. The Kier molecular flexibility index (Phi) is 5.16. The second-order valence-corrected chi connectivity index (χ2v) is 7.55. The highest BCUT2D eigenvalue weighted by molar-refractivity contribution is 6.00. The molecule has 1 unspecified atom stereocenters. The fourth-order valence-corrected chi connectivity index (χ4v) is 4.23. The zero-order valence-corrected chi connectivity index (χ0v) is 16.3. The maximum absolute atomic E-state index is 13.3. The molecule has 26 heavy (non-hydrogen) atoms. The monoisotopic (exact) mass is 359 g/mol. The average Bonchev–Trinajstić information content (AvgIpc) is 3.03. The molecule has 0 N–H and O–H groups in total. The average molecular weight is 359 g/mol. The van der Waals surface area contributed by atoms with Gasteiger partial charge in [0.25, 0.3) is 5.91 Å². The van der Waals surface area contributed by atoms with Crippen molar-refractivity contribution in [1.29, 1.82) is 0 Å². The van der Waals surface area contributed by atoms with Crippen LogP contribution in [0.5, 0.6) is 0 Å². The van der Waals surface area contributed by atoms with Crippen LogP contribution in [0.3, 0.4) is 0 Å². The van der Waals surface area contributed by atoms with Gasteiger partial charge in [-0.05, 0) is 39.0 Å². The van der Waals surface area contributed by atoms with Gasteiger partial charge in [0.05, 0.1) is 11.3 Å². The third-order valence-electron chi connectivity index (χ3n) is 5.53. The molecule has 2 aliphatic heterocycles. The summed E-state index contributed by atoms with van der Waals surface area (Å²) in [5.74, 6) is 0.593. The van der Waals surface area contributed by atoms with Crippen molar-refractivity contribution >= 4 is 17.8 Å². The van der Waals surface area contributed by atoms with Crippen LogP contribution in [0.15, 0.2) is 6.20 Å². The van der Waals surface area contributed by atoms with Gasteiger partial charge in [-0.2, -0.15) is 0 Å². The van der Waals surface area contributed by atoms with Crippen LogP contribution in [0.2, 0.25) is 0 Å². The normalized spacial score (nSPS) is 23.0. The molecule has 3 heterocycles. The van der Waals surface area contributed by atoms with Crippen LogP contribution >= 0.6 is 0 Å². The topological polar surface area (TPSA) is 69.6 Å². The maximum atomic E-state index is 13.3. The number of likely N-dealkylation sites (tertiary alicyclic amines) is 2. The number of carbonyl (C=O) groups excluding carboxylic acids is 2. The van der Waals surface area contributed by atoms with Gasteiger partial charge in [0, 0.05) is 39.9 Å². The fraction of sp³-hybridized carbons (Fsp3) is 0.684. The van der Waals surface area contributed by atoms with E-state index in [9.17, 15) is 9.59 Å². The largest absolute Gasteiger partial charge is 0.347 e. The number of nitrogens with zero attached hydrogens (tertiary/aromatic N) is 5. The van der Waals surface area contributed by atoms with Crippen molar-refractivity contribution in [3.05, 3.63) is 17.5 Å². The third kappa shape index (κ3) is 3.04. The molecule has 0 aliphatic carbocycles. The van der Waals surface area contributed by atoms with Crippen LogP contribution in [-0.2, 0) is 4.79 Å². The van der Waals surface area contributed by atoms with Crippen molar-refractivity contribution < 1.29 is 9.59 Å². The summed E-state index contributed by atoms with van der Waals surface area (Å²) in [6.45, 7) is 6.10. The van der Waals surface area contributed by atoms with Crippen LogP contribution < -0.4 is 4.90 Å². The van der Waals surface area contributed by atoms with Crippen molar-refractivity contribution in [3.63, 3.8) is 0 Å². The Labute approximate surface area is 155 Å². The van der Waals surface area contributed by atoms with Crippen LogP contribution in [-0.4, -0.2) is 70.9 Å². The van der Waals surface area contributed by atoms with Crippen LogP contribution in [0.1, 0.15) is 55.1 Å². The smallest absolute Gasteiger partial charge is 0.258 e. The molecule has 1 spiro atoms. The van der Waals surface area contributed by atoms with Crippen LogP contribution in [0, 0.1) is 6.92 Å². The summed E-state index contributed by atoms with van der Waals surface area (Å²) in [6, 6.07) is 0. The molecule has 2 aliphatic rings. The Morgan fingerprint density at radius 2 is 1.96 bits per heavy atom. The van der Waals surface area contributed by atoms with E-state index >= 15 is 0 Å². The van der Waals surface area contributed by atoms with E-state index < -0.39 is 5.54 Å². The number of aromatic nitrogens is 2. The fourth-order valence-electron chi connectivity index (χ4n) is 4.23. The minimum absolute atomic E-state index is 0.114. The van der Waals surface area contributed by atoms with Crippen molar-refractivity contribution in [2.24, 2.45) is 0 Å². The van der Waals surface area contributed by atoms with Crippen molar-refractivity contribution in [2.45, 2.75) is 51.5 Å². The first-order valence-electron chi connectivity index (χ1n) is 9.53. The number of amides is 2. The number of piperidine rings is 1. The first kappa shape index (κ1) is 18.6. The van der Waals surface area contributed by atoms with Gasteiger partial charge >= 0.3 is 0 Å². The lowest BCUT2D eigenvalue weighted by Gasteiger charge is -2.44. The van der Waals surface area contributed by atoms with E-state index in [1.807, 2.05) is 30.8 Å². The number of anilines is 1. The van der Waals surface area contributed by atoms with E-state index in [1.54, 1.807) is 11.1 Å². The molecule has 0 bridgehead atoms. The highest BCUT2D eigenvalue weighted by Gasteiger charge is 2.52. The Morgan fingerprint density at radius 1 is 1.27 bits per heavy atom. The minimum atomic E-state index is -0.669. The van der Waals surface area contributed by atoms with Crippen LogP contribution in [0.4, 0.5) is 5.95 Å². The number of carbonyl (C=O) groups is 2. The van der Waals surface area contributed by atoms with Crippen molar-refractivity contribution in [3.8, 4) is 0 Å². The number of hydrogen-bond acceptors (Lipinski definition) is 5. The summed E-state index contributed by atoms with van der Waals surface area (Å²) >= 11 is 0. The molecule has 0 saturated carbocycles. The highest BCUT2D eigenvalue weighted by Crippen LogP contribution is 2.39. The molecule has 1 atom stereocenters. The van der Waals surface area contributed by atoms with Gasteiger partial charge in [0.2, 0.25) is 11.9 Å². The molecular formula is C19H29N5O2. The molecule has 1 aromatic rings. The van der Waals surface area contributed by atoms with Gasteiger partial charge < -0.3 is 14.7 Å². The molecular weight excluding hydrogens is 330 g/mol. The van der Waals surface area contributed by atoms with Gasteiger partial charge in [-0.3, -0.25) is 9.59 Å². The summed E-state index contributed by atoms with van der Waals surface area (Å²) in [5.41, 5.74) is 0.485. The van der Waals surface area contributed by atoms with E-state index in [-0.39, 0.29) is 11.8 Å². The second-order valence-electron chi connectivity index (χ2n) is 7.55. The van der Waals surface area contributed by atoms with E-state index in [0.29, 0.717) is 23.8 Å². The first-order valence-corrected chi connectivity index (χ1v) is 9.53. The number of rotatable bonds is 4. The quantitative estimate of drug-likeness (QED) is 0.821. The molecule has 7 nitrogen and oxygen atoms in total. The van der Waals surface area contributed by atoms with E-state index in [4.69, 9.17) is 0 Å². The summed E-state index contributed by atoms with van der Waals surface area (Å²) in [4.78, 5) is 40.8. The van der Waals surface area contributed by atoms with Gasteiger partial charge in [0.15, 0.2) is 0 Å². The lowest BCUT2D eigenvalue weighted by atomic mass is 9.85. The van der Waals surface area contributed by atoms with Gasteiger partial charge in [-0.1, -0.05) is 6.92 Å². The van der Waals surface area contributed by atoms with E-state index in [0.717, 1.165) is 45.2 Å². The third-order valence-corrected chi connectivity index (χ3v) is 5.53. The highest BCUT2D eigenvalue weighted by atomic mass is 16.2. The molecule has 7 heteroatoms. The molecule has 2 saturated heterocycles. The summed E-state index contributed by atoms with van der Waals surface area (Å²) in [6.07, 6.45) is 5.87. The molecule has 3 rings (SSSR count). The Balaban J connectivity index is 1.90. The van der Waals surface area contributed by atoms with Gasteiger partial charge in [-0.15, -0.1) is 0 Å². The van der Waals surface area contributed by atoms with Gasteiger partial charge in [0.1, 0.15) is 5.54 Å². The zero-order chi connectivity index (χ0) is 18.9. The molecule has 2 amide bonds. The van der Waals surface area contributed by atoms with E-state index in [1.165, 1.54) is 0 Å². The molecule has 1 aromatic heterocycles. The standard InChI is InChI=1S/C19H29N5O2/c1-5-10-23-11-6-8-19(17(23)26)9-7-12-24(19)16(25)15-13-20-18(22(3)4)21-14(15)2/h13H,5-12H2,1-4H3.